The third-order valence-corrected chi connectivity index (χ3v) is 3.09. The van der Waals surface area contributed by atoms with E-state index in [0.717, 1.165) is 50.2 Å². The molecule has 1 atom stereocenters. The van der Waals surface area contributed by atoms with Crippen LogP contribution in [-0.4, -0.2) is 42.3 Å². The topological polar surface area (TPSA) is 50.3 Å². The molecule has 0 amide bonds. The van der Waals surface area contributed by atoms with E-state index in [1.165, 1.54) is 0 Å². The summed E-state index contributed by atoms with van der Waals surface area (Å²) < 4.78 is 5.47. The lowest BCUT2D eigenvalue weighted by Crippen LogP contribution is -2.44. The van der Waals surface area contributed by atoms with Crippen LogP contribution in [0.2, 0.25) is 0 Å². The van der Waals surface area contributed by atoms with E-state index < -0.39 is 0 Å². The van der Waals surface area contributed by atoms with Gasteiger partial charge in [0.05, 0.1) is 19.3 Å². The number of aryl methyl sites for hydroxylation is 1. The van der Waals surface area contributed by atoms with Crippen LogP contribution in [0.3, 0.4) is 0 Å². The molecule has 0 aromatic carbocycles. The minimum Gasteiger partial charge on any atom is -0.377 e. The quantitative estimate of drug-likeness (QED) is 0.881. The van der Waals surface area contributed by atoms with Crippen molar-refractivity contribution >= 4 is 11.6 Å². The van der Waals surface area contributed by atoms with Gasteiger partial charge in [-0.05, 0) is 13.8 Å². The fraction of sp³-hybridized carbons (Fsp3) is 0.692. The molecule has 1 saturated heterocycles. The number of nitrogens with zero attached hydrogens (tertiary/aromatic N) is 3. The smallest absolute Gasteiger partial charge is 0.134 e. The zero-order chi connectivity index (χ0) is 13.0. The van der Waals surface area contributed by atoms with Crippen LogP contribution in [0, 0.1) is 0 Å². The second kappa shape index (κ2) is 6.00. The van der Waals surface area contributed by atoms with Crippen molar-refractivity contribution in [3.05, 3.63) is 11.9 Å². The molecule has 0 radical (unpaired) electrons. The van der Waals surface area contributed by atoms with Crippen molar-refractivity contribution in [2.75, 3.05) is 36.5 Å². The van der Waals surface area contributed by atoms with Gasteiger partial charge in [0, 0.05) is 25.6 Å². The van der Waals surface area contributed by atoms with Gasteiger partial charge in [0.15, 0.2) is 0 Å². The first kappa shape index (κ1) is 13.1. The molecule has 5 heteroatoms. The second-order valence-electron chi connectivity index (χ2n) is 4.53. The molecule has 1 aromatic heterocycles. The van der Waals surface area contributed by atoms with E-state index >= 15 is 0 Å². The molecular weight excluding hydrogens is 228 g/mol. The van der Waals surface area contributed by atoms with E-state index in [2.05, 4.69) is 41.0 Å². The lowest BCUT2D eigenvalue weighted by Gasteiger charge is -2.34. The third-order valence-electron chi connectivity index (χ3n) is 3.09. The van der Waals surface area contributed by atoms with Gasteiger partial charge in [0.2, 0.25) is 0 Å². The van der Waals surface area contributed by atoms with Gasteiger partial charge in [0.25, 0.3) is 0 Å². The molecule has 1 aliphatic rings. The van der Waals surface area contributed by atoms with Gasteiger partial charge < -0.3 is 15.0 Å². The molecule has 1 aliphatic heterocycles. The highest BCUT2D eigenvalue weighted by Crippen LogP contribution is 2.20. The molecule has 2 rings (SSSR count). The first-order chi connectivity index (χ1) is 8.74. The van der Waals surface area contributed by atoms with E-state index in [-0.39, 0.29) is 0 Å². The molecule has 0 spiro atoms. The maximum absolute atomic E-state index is 5.47. The van der Waals surface area contributed by atoms with E-state index in [1.807, 2.05) is 6.07 Å². The molecule has 100 valence electrons. The number of nitrogens with one attached hydrogen (secondary N) is 1. The van der Waals surface area contributed by atoms with Gasteiger partial charge in [-0.3, -0.25) is 0 Å². The summed E-state index contributed by atoms with van der Waals surface area (Å²) in [6.07, 6.45) is 0.852. The summed E-state index contributed by atoms with van der Waals surface area (Å²) in [4.78, 5) is 11.4. The molecule has 18 heavy (non-hydrogen) atoms. The number of rotatable bonds is 4. The average Bonchev–Trinajstić information content (AvgIpc) is 2.39. The summed E-state index contributed by atoms with van der Waals surface area (Å²) in [5.74, 6) is 2.81. The highest BCUT2D eigenvalue weighted by atomic mass is 16.5. The van der Waals surface area contributed by atoms with Gasteiger partial charge in [-0.1, -0.05) is 6.92 Å². The maximum atomic E-state index is 5.47. The first-order valence-corrected chi connectivity index (χ1v) is 6.70. The van der Waals surface area contributed by atoms with Crippen LogP contribution in [0.1, 0.15) is 26.6 Å². The Morgan fingerprint density at radius 3 is 2.94 bits per heavy atom. The van der Waals surface area contributed by atoms with Crippen molar-refractivity contribution in [2.45, 2.75) is 33.2 Å². The summed E-state index contributed by atoms with van der Waals surface area (Å²) in [5, 5.41) is 3.27. The molecule has 0 aliphatic carbocycles. The minimum atomic E-state index is 0.368. The summed E-state index contributed by atoms with van der Waals surface area (Å²) >= 11 is 0. The van der Waals surface area contributed by atoms with Gasteiger partial charge >= 0.3 is 0 Å². The van der Waals surface area contributed by atoms with E-state index in [0.29, 0.717) is 6.04 Å². The predicted octanol–water partition coefficient (Wildman–Crippen LogP) is 1.70. The van der Waals surface area contributed by atoms with E-state index in [1.54, 1.807) is 0 Å². The maximum Gasteiger partial charge on any atom is 0.134 e. The van der Waals surface area contributed by atoms with Crippen molar-refractivity contribution in [3.8, 4) is 0 Å². The van der Waals surface area contributed by atoms with Crippen molar-refractivity contribution < 1.29 is 4.74 Å². The predicted molar refractivity (Wildman–Crippen MR) is 73.2 cm³/mol. The number of anilines is 2. The Morgan fingerprint density at radius 1 is 1.44 bits per heavy atom. The third kappa shape index (κ3) is 2.90. The molecule has 1 unspecified atom stereocenters. The summed E-state index contributed by atoms with van der Waals surface area (Å²) in [7, 11) is 0. The lowest BCUT2D eigenvalue weighted by atomic mass is 10.2. The van der Waals surface area contributed by atoms with Crippen LogP contribution >= 0.6 is 0 Å². The highest BCUT2D eigenvalue weighted by molar-refractivity contribution is 5.50. The summed E-state index contributed by atoms with van der Waals surface area (Å²) in [5.41, 5.74) is 0. The van der Waals surface area contributed by atoms with E-state index in [4.69, 9.17) is 4.74 Å². The fourth-order valence-corrected chi connectivity index (χ4v) is 2.13. The zero-order valence-electron chi connectivity index (χ0n) is 11.4. The Kier molecular flexibility index (Phi) is 4.36. The van der Waals surface area contributed by atoms with Gasteiger partial charge in [0.1, 0.15) is 17.5 Å². The number of morpholine rings is 1. The molecule has 1 fully saturated rings. The molecule has 1 N–H and O–H groups in total. The highest BCUT2D eigenvalue weighted by Gasteiger charge is 2.21. The summed E-state index contributed by atoms with van der Waals surface area (Å²) in [6, 6.07) is 2.40. The molecule has 1 aromatic rings. The SMILES string of the molecule is CCNc1cc(N2CCOCC2C)nc(CC)n1. The lowest BCUT2D eigenvalue weighted by molar-refractivity contribution is 0.0985. The Hall–Kier alpha value is -1.36. The first-order valence-electron chi connectivity index (χ1n) is 6.70. The molecule has 5 nitrogen and oxygen atoms in total. The Morgan fingerprint density at radius 2 is 2.28 bits per heavy atom. The number of hydrogen-bond acceptors (Lipinski definition) is 5. The molecule has 2 heterocycles. The van der Waals surface area contributed by atoms with Crippen LogP contribution in [-0.2, 0) is 11.2 Å². The van der Waals surface area contributed by atoms with Crippen LogP contribution in [0.25, 0.3) is 0 Å². The van der Waals surface area contributed by atoms with Crippen LogP contribution in [0.15, 0.2) is 6.07 Å². The molecule has 0 saturated carbocycles. The van der Waals surface area contributed by atoms with Crippen LogP contribution in [0.4, 0.5) is 11.6 Å². The Labute approximate surface area is 109 Å². The minimum absolute atomic E-state index is 0.368. The number of hydrogen-bond donors (Lipinski definition) is 1. The van der Waals surface area contributed by atoms with Crippen LogP contribution < -0.4 is 10.2 Å². The average molecular weight is 250 g/mol. The van der Waals surface area contributed by atoms with Crippen molar-refractivity contribution in [2.24, 2.45) is 0 Å². The van der Waals surface area contributed by atoms with Crippen LogP contribution in [0.5, 0.6) is 0 Å². The Bertz CT molecular complexity index is 397. The Balaban J connectivity index is 2.27. The zero-order valence-corrected chi connectivity index (χ0v) is 11.4. The largest absolute Gasteiger partial charge is 0.377 e. The molecule has 0 bridgehead atoms. The molecular formula is C13H22N4O. The fourth-order valence-electron chi connectivity index (χ4n) is 2.13. The number of aromatic nitrogens is 2. The van der Waals surface area contributed by atoms with Crippen molar-refractivity contribution in [1.29, 1.82) is 0 Å². The van der Waals surface area contributed by atoms with Gasteiger partial charge in [-0.15, -0.1) is 0 Å². The second-order valence-corrected chi connectivity index (χ2v) is 4.53. The van der Waals surface area contributed by atoms with Gasteiger partial charge in [-0.25, -0.2) is 9.97 Å². The normalized spacial score (nSPS) is 19.9. The monoisotopic (exact) mass is 250 g/mol. The van der Waals surface area contributed by atoms with Crippen molar-refractivity contribution in [1.82, 2.24) is 9.97 Å². The van der Waals surface area contributed by atoms with Gasteiger partial charge in [-0.2, -0.15) is 0 Å². The van der Waals surface area contributed by atoms with E-state index in [9.17, 15) is 0 Å². The number of ether oxygens (including phenoxy) is 1. The summed E-state index contributed by atoms with van der Waals surface area (Å²) in [6.45, 7) is 9.63. The van der Waals surface area contributed by atoms with Crippen molar-refractivity contribution in [3.63, 3.8) is 0 Å². The standard InChI is InChI=1S/C13H22N4O/c1-4-11-15-12(14-5-2)8-13(16-11)17-6-7-18-9-10(17)3/h8,10H,4-7,9H2,1-3H3,(H,14,15,16).